The fourth-order valence-electron chi connectivity index (χ4n) is 2.02. The van der Waals surface area contributed by atoms with Crippen LogP contribution >= 0.6 is 0 Å². The number of benzene rings is 2. The van der Waals surface area contributed by atoms with Crippen molar-refractivity contribution < 1.29 is 9.47 Å². The highest BCUT2D eigenvalue weighted by molar-refractivity contribution is 5.67. The van der Waals surface area contributed by atoms with Crippen LogP contribution in [-0.4, -0.2) is 13.7 Å². The van der Waals surface area contributed by atoms with Crippen LogP contribution in [0.3, 0.4) is 0 Å². The lowest BCUT2D eigenvalue weighted by Crippen LogP contribution is -2.00. The lowest BCUT2D eigenvalue weighted by atomic mass is 10.2. The third kappa shape index (κ3) is 4.39. The number of nitrogens with one attached hydrogen (secondary N) is 1. The SMILES string of the molecule is CCCOc1cc(Nc2cccc(COC)c2)ccc1N. The van der Waals surface area contributed by atoms with Crippen LogP contribution < -0.4 is 15.8 Å². The Bertz CT molecular complexity index is 585. The molecule has 0 fully saturated rings. The summed E-state index contributed by atoms with van der Waals surface area (Å²) in [6.45, 7) is 3.33. The Kier molecular flexibility index (Phi) is 5.46. The lowest BCUT2D eigenvalue weighted by molar-refractivity contribution is 0.185. The molecule has 0 aliphatic rings. The maximum Gasteiger partial charge on any atom is 0.144 e. The summed E-state index contributed by atoms with van der Waals surface area (Å²) in [6.07, 6.45) is 0.955. The summed E-state index contributed by atoms with van der Waals surface area (Å²) in [5.41, 5.74) is 9.66. The number of methoxy groups -OCH3 is 1. The van der Waals surface area contributed by atoms with Crippen molar-refractivity contribution in [2.45, 2.75) is 20.0 Å². The molecule has 0 saturated carbocycles. The number of ether oxygens (including phenoxy) is 2. The smallest absolute Gasteiger partial charge is 0.144 e. The minimum Gasteiger partial charge on any atom is -0.491 e. The van der Waals surface area contributed by atoms with Crippen molar-refractivity contribution >= 4 is 17.1 Å². The first-order chi connectivity index (χ1) is 10.2. The molecular weight excluding hydrogens is 264 g/mol. The number of nitrogen functional groups attached to an aromatic ring is 1. The topological polar surface area (TPSA) is 56.5 Å². The van der Waals surface area contributed by atoms with Crippen LogP contribution in [0, 0.1) is 0 Å². The largest absolute Gasteiger partial charge is 0.491 e. The molecule has 0 aromatic heterocycles. The Labute approximate surface area is 125 Å². The summed E-state index contributed by atoms with van der Waals surface area (Å²) in [5.74, 6) is 0.717. The van der Waals surface area contributed by atoms with Gasteiger partial charge in [0.15, 0.2) is 0 Å². The molecule has 0 unspecified atom stereocenters. The second kappa shape index (κ2) is 7.55. The maximum absolute atomic E-state index is 5.92. The molecule has 21 heavy (non-hydrogen) atoms. The number of hydrogen-bond acceptors (Lipinski definition) is 4. The molecular formula is C17H22N2O2. The molecule has 0 aliphatic heterocycles. The molecule has 112 valence electrons. The lowest BCUT2D eigenvalue weighted by Gasteiger charge is -2.12. The van der Waals surface area contributed by atoms with E-state index in [4.69, 9.17) is 15.2 Å². The third-order valence-electron chi connectivity index (χ3n) is 3.00. The summed E-state index contributed by atoms with van der Waals surface area (Å²) < 4.78 is 10.8. The number of nitrogens with two attached hydrogens (primary N) is 1. The van der Waals surface area contributed by atoms with Crippen molar-refractivity contribution in [3.63, 3.8) is 0 Å². The first kappa shape index (κ1) is 15.2. The van der Waals surface area contributed by atoms with Crippen LogP contribution in [0.25, 0.3) is 0 Å². The van der Waals surface area contributed by atoms with Crippen molar-refractivity contribution in [1.82, 2.24) is 0 Å². The second-order valence-electron chi connectivity index (χ2n) is 4.86. The van der Waals surface area contributed by atoms with Gasteiger partial charge in [-0.15, -0.1) is 0 Å². The summed E-state index contributed by atoms with van der Waals surface area (Å²) in [7, 11) is 1.69. The standard InChI is InChI=1S/C17H22N2O2/c1-3-9-21-17-11-15(7-8-16(17)18)19-14-6-4-5-13(10-14)12-20-2/h4-8,10-11,19H,3,9,12,18H2,1-2H3. The Balaban J connectivity index is 2.13. The molecule has 3 N–H and O–H groups in total. The van der Waals surface area contributed by atoms with E-state index in [9.17, 15) is 0 Å². The third-order valence-corrected chi connectivity index (χ3v) is 3.00. The molecule has 0 amide bonds. The first-order valence-electron chi connectivity index (χ1n) is 7.10. The first-order valence-corrected chi connectivity index (χ1v) is 7.10. The molecule has 0 radical (unpaired) electrons. The van der Waals surface area contributed by atoms with Gasteiger partial charge in [-0.3, -0.25) is 0 Å². The van der Waals surface area contributed by atoms with Crippen molar-refractivity contribution in [3.8, 4) is 5.75 Å². The van der Waals surface area contributed by atoms with Gasteiger partial charge in [0.05, 0.1) is 18.9 Å². The summed E-state index contributed by atoms with van der Waals surface area (Å²) in [6, 6.07) is 13.8. The number of rotatable bonds is 7. The zero-order valence-corrected chi connectivity index (χ0v) is 12.6. The van der Waals surface area contributed by atoms with Crippen molar-refractivity contribution in [3.05, 3.63) is 48.0 Å². The van der Waals surface area contributed by atoms with E-state index in [-0.39, 0.29) is 0 Å². The van der Waals surface area contributed by atoms with E-state index in [1.807, 2.05) is 36.4 Å². The fraction of sp³-hybridized carbons (Fsp3) is 0.294. The minimum atomic E-state index is 0.599. The molecule has 0 saturated heterocycles. The molecule has 0 aliphatic carbocycles. The fourth-order valence-corrected chi connectivity index (χ4v) is 2.02. The van der Waals surface area contributed by atoms with Gasteiger partial charge < -0.3 is 20.5 Å². The average Bonchev–Trinajstić information content (AvgIpc) is 2.48. The van der Waals surface area contributed by atoms with Gasteiger partial charge in [-0.25, -0.2) is 0 Å². The molecule has 0 heterocycles. The highest BCUT2D eigenvalue weighted by Gasteiger charge is 2.03. The van der Waals surface area contributed by atoms with Crippen molar-refractivity contribution in [2.75, 3.05) is 24.8 Å². The van der Waals surface area contributed by atoms with Crippen LogP contribution in [0.15, 0.2) is 42.5 Å². The quantitative estimate of drug-likeness (QED) is 0.757. The molecule has 4 nitrogen and oxygen atoms in total. The van der Waals surface area contributed by atoms with E-state index in [2.05, 4.69) is 18.3 Å². The van der Waals surface area contributed by atoms with Gasteiger partial charge in [-0.1, -0.05) is 19.1 Å². The van der Waals surface area contributed by atoms with E-state index < -0.39 is 0 Å². The van der Waals surface area contributed by atoms with Crippen LogP contribution in [0.1, 0.15) is 18.9 Å². The predicted molar refractivity (Wildman–Crippen MR) is 87.1 cm³/mol. The number of hydrogen-bond donors (Lipinski definition) is 2. The highest BCUT2D eigenvalue weighted by Crippen LogP contribution is 2.28. The van der Waals surface area contributed by atoms with Gasteiger partial charge in [0.25, 0.3) is 0 Å². The van der Waals surface area contributed by atoms with Crippen molar-refractivity contribution in [1.29, 1.82) is 0 Å². The normalized spacial score (nSPS) is 10.4. The summed E-state index contributed by atoms with van der Waals surface area (Å²) >= 11 is 0. The van der Waals surface area contributed by atoms with Gasteiger partial charge in [-0.2, -0.15) is 0 Å². The van der Waals surface area contributed by atoms with Crippen LogP contribution in [0.5, 0.6) is 5.75 Å². The van der Waals surface area contributed by atoms with Gasteiger partial charge in [0.1, 0.15) is 5.75 Å². The van der Waals surface area contributed by atoms with Gasteiger partial charge in [0, 0.05) is 24.6 Å². The van der Waals surface area contributed by atoms with E-state index >= 15 is 0 Å². The van der Waals surface area contributed by atoms with Gasteiger partial charge >= 0.3 is 0 Å². The predicted octanol–water partition coefficient (Wildman–Crippen LogP) is 3.95. The minimum absolute atomic E-state index is 0.599. The zero-order valence-electron chi connectivity index (χ0n) is 12.6. The van der Waals surface area contributed by atoms with Crippen molar-refractivity contribution in [2.24, 2.45) is 0 Å². The highest BCUT2D eigenvalue weighted by atomic mass is 16.5. The monoisotopic (exact) mass is 286 g/mol. The molecule has 0 spiro atoms. The summed E-state index contributed by atoms with van der Waals surface area (Å²) in [5, 5.41) is 3.36. The second-order valence-corrected chi connectivity index (χ2v) is 4.86. The Hall–Kier alpha value is -2.20. The molecule has 0 atom stereocenters. The zero-order chi connectivity index (χ0) is 15.1. The molecule has 0 bridgehead atoms. The molecule has 4 heteroatoms. The van der Waals surface area contributed by atoms with Crippen LogP contribution in [-0.2, 0) is 11.3 Å². The average molecular weight is 286 g/mol. The van der Waals surface area contributed by atoms with Crippen LogP contribution in [0.4, 0.5) is 17.1 Å². The maximum atomic E-state index is 5.92. The summed E-state index contributed by atoms with van der Waals surface area (Å²) in [4.78, 5) is 0. The Morgan fingerprint density at radius 3 is 2.67 bits per heavy atom. The Morgan fingerprint density at radius 1 is 1.10 bits per heavy atom. The van der Waals surface area contributed by atoms with E-state index in [1.54, 1.807) is 7.11 Å². The van der Waals surface area contributed by atoms with E-state index in [0.29, 0.717) is 18.9 Å². The van der Waals surface area contributed by atoms with E-state index in [0.717, 1.165) is 29.1 Å². The van der Waals surface area contributed by atoms with Gasteiger partial charge in [0.2, 0.25) is 0 Å². The van der Waals surface area contributed by atoms with E-state index in [1.165, 1.54) is 0 Å². The number of anilines is 3. The van der Waals surface area contributed by atoms with Gasteiger partial charge in [-0.05, 0) is 36.2 Å². The molecule has 2 aromatic carbocycles. The molecule has 2 rings (SSSR count). The van der Waals surface area contributed by atoms with Crippen LogP contribution in [0.2, 0.25) is 0 Å². The molecule has 2 aromatic rings. The Morgan fingerprint density at radius 2 is 1.90 bits per heavy atom.